The number of anilines is 2. The zero-order valence-corrected chi connectivity index (χ0v) is 16.6. The van der Waals surface area contributed by atoms with E-state index in [2.05, 4.69) is 20.3 Å². The Bertz CT molecular complexity index is 1140. The van der Waals surface area contributed by atoms with Crippen LogP contribution in [-0.2, 0) is 0 Å². The van der Waals surface area contributed by atoms with Crippen LogP contribution < -0.4 is 10.2 Å². The number of benzene rings is 2. The predicted octanol–water partition coefficient (Wildman–Crippen LogP) is 4.66. The summed E-state index contributed by atoms with van der Waals surface area (Å²) in [6.45, 7) is 0. The van der Waals surface area contributed by atoms with Crippen LogP contribution in [0, 0.1) is 5.82 Å². The molecule has 0 radical (unpaired) electrons. The molecule has 0 atom stereocenters. The van der Waals surface area contributed by atoms with Gasteiger partial charge in [0.25, 0.3) is 5.91 Å². The minimum Gasteiger partial charge on any atom is -0.378 e. The van der Waals surface area contributed by atoms with E-state index in [9.17, 15) is 9.18 Å². The van der Waals surface area contributed by atoms with Gasteiger partial charge in [0.05, 0.1) is 0 Å². The summed E-state index contributed by atoms with van der Waals surface area (Å²) in [7, 11) is 3.91. The Morgan fingerprint density at radius 3 is 2.62 bits per heavy atom. The van der Waals surface area contributed by atoms with Gasteiger partial charge in [0.2, 0.25) is 0 Å². The number of halogens is 1. The summed E-state index contributed by atoms with van der Waals surface area (Å²) in [5.74, 6) is -0.156. The first-order valence-corrected chi connectivity index (χ1v) is 9.74. The number of carbonyl (C=O) groups excluding carboxylic acids is 1. The molecule has 6 nitrogen and oxygen atoms in total. The molecule has 0 aliphatic carbocycles. The number of amides is 1. The van der Waals surface area contributed by atoms with E-state index in [-0.39, 0.29) is 17.4 Å². The molecule has 2 heterocycles. The van der Waals surface area contributed by atoms with Gasteiger partial charge in [0.1, 0.15) is 23.0 Å². The molecule has 8 heteroatoms. The Morgan fingerprint density at radius 1 is 1.14 bits per heavy atom. The topological polar surface area (TPSA) is 73.9 Å². The normalized spacial score (nSPS) is 10.7. The van der Waals surface area contributed by atoms with Crippen molar-refractivity contribution >= 4 is 28.1 Å². The van der Waals surface area contributed by atoms with E-state index in [0.717, 1.165) is 11.3 Å². The average Bonchev–Trinajstić information content (AvgIpc) is 3.38. The Labute approximate surface area is 171 Å². The Morgan fingerprint density at radius 2 is 1.93 bits per heavy atom. The van der Waals surface area contributed by atoms with Crippen molar-refractivity contribution in [3.8, 4) is 22.6 Å². The van der Waals surface area contributed by atoms with Crippen LogP contribution in [0.2, 0.25) is 0 Å². The maximum atomic E-state index is 13.4. The van der Waals surface area contributed by atoms with E-state index in [1.54, 1.807) is 23.7 Å². The van der Waals surface area contributed by atoms with Crippen molar-refractivity contribution in [3.05, 3.63) is 71.6 Å². The molecule has 4 aromatic rings. The van der Waals surface area contributed by atoms with Crippen molar-refractivity contribution in [1.29, 1.82) is 0 Å². The lowest BCUT2D eigenvalue weighted by Crippen LogP contribution is -2.13. The molecule has 146 valence electrons. The van der Waals surface area contributed by atoms with Gasteiger partial charge >= 0.3 is 0 Å². The Kier molecular flexibility index (Phi) is 5.09. The molecule has 4 rings (SSSR count). The highest BCUT2D eigenvalue weighted by Crippen LogP contribution is 2.29. The smallest absolute Gasteiger partial charge is 0.276 e. The van der Waals surface area contributed by atoms with Crippen LogP contribution in [0.4, 0.5) is 15.2 Å². The molecule has 0 aliphatic heterocycles. The molecule has 0 spiro atoms. The second-order valence-corrected chi connectivity index (χ2v) is 7.45. The van der Waals surface area contributed by atoms with Crippen molar-refractivity contribution in [2.24, 2.45) is 0 Å². The van der Waals surface area contributed by atoms with Crippen LogP contribution in [0.3, 0.4) is 0 Å². The fraction of sp³-hybridized carbons (Fsp3) is 0.0952. The quantitative estimate of drug-likeness (QED) is 0.505. The van der Waals surface area contributed by atoms with Crippen LogP contribution in [0.5, 0.6) is 0 Å². The highest BCUT2D eigenvalue weighted by molar-refractivity contribution is 7.13. The van der Waals surface area contributed by atoms with Crippen molar-refractivity contribution < 1.29 is 9.18 Å². The summed E-state index contributed by atoms with van der Waals surface area (Å²) in [4.78, 5) is 26.8. The first kappa shape index (κ1) is 18.8. The number of hydrogen-bond acceptors (Lipinski definition) is 5. The number of aromatic amines is 1. The van der Waals surface area contributed by atoms with Gasteiger partial charge in [-0.25, -0.2) is 14.4 Å². The third-order valence-electron chi connectivity index (χ3n) is 4.34. The molecule has 0 unspecified atom stereocenters. The molecular weight excluding hydrogens is 389 g/mol. The summed E-state index contributed by atoms with van der Waals surface area (Å²) in [5.41, 5.74) is 3.23. The number of imidazole rings is 1. The fourth-order valence-corrected chi connectivity index (χ4v) is 3.39. The molecule has 2 N–H and O–H groups in total. The van der Waals surface area contributed by atoms with Gasteiger partial charge in [-0.3, -0.25) is 10.1 Å². The van der Waals surface area contributed by atoms with Crippen LogP contribution in [-0.4, -0.2) is 35.0 Å². The number of hydrogen-bond donors (Lipinski definition) is 2. The van der Waals surface area contributed by atoms with Crippen molar-refractivity contribution in [3.63, 3.8) is 0 Å². The van der Waals surface area contributed by atoms with Gasteiger partial charge in [0.15, 0.2) is 5.13 Å². The van der Waals surface area contributed by atoms with E-state index in [0.29, 0.717) is 22.2 Å². The summed E-state index contributed by atoms with van der Waals surface area (Å²) in [6.07, 6.45) is 1.62. The molecule has 1 amide bonds. The highest BCUT2D eigenvalue weighted by Gasteiger charge is 2.20. The molecule has 2 aromatic carbocycles. The monoisotopic (exact) mass is 407 g/mol. The van der Waals surface area contributed by atoms with Crippen molar-refractivity contribution in [2.45, 2.75) is 0 Å². The zero-order valence-electron chi connectivity index (χ0n) is 15.8. The van der Waals surface area contributed by atoms with Crippen LogP contribution in [0.1, 0.15) is 10.5 Å². The lowest BCUT2D eigenvalue weighted by molar-refractivity contribution is 0.102. The van der Waals surface area contributed by atoms with Gasteiger partial charge in [-0.15, -0.1) is 11.3 Å². The molecular formula is C21H18FN5OS. The minimum atomic E-state index is -0.359. The molecule has 0 saturated heterocycles. The molecule has 2 aromatic heterocycles. The highest BCUT2D eigenvalue weighted by atomic mass is 32.1. The van der Waals surface area contributed by atoms with E-state index < -0.39 is 0 Å². The van der Waals surface area contributed by atoms with E-state index in [1.165, 1.54) is 23.5 Å². The number of carbonyl (C=O) groups is 1. The van der Waals surface area contributed by atoms with E-state index >= 15 is 0 Å². The Hall–Kier alpha value is -3.52. The number of rotatable bonds is 5. The maximum Gasteiger partial charge on any atom is 0.276 e. The van der Waals surface area contributed by atoms with Gasteiger partial charge in [-0.2, -0.15) is 0 Å². The van der Waals surface area contributed by atoms with Crippen LogP contribution in [0.15, 0.2) is 60.1 Å². The first-order valence-electron chi connectivity index (χ1n) is 8.86. The lowest BCUT2D eigenvalue weighted by atomic mass is 10.1. The van der Waals surface area contributed by atoms with Gasteiger partial charge in [0, 0.05) is 42.5 Å². The van der Waals surface area contributed by atoms with Gasteiger partial charge < -0.3 is 9.88 Å². The largest absolute Gasteiger partial charge is 0.378 e. The van der Waals surface area contributed by atoms with Crippen molar-refractivity contribution in [2.75, 3.05) is 24.3 Å². The summed E-state index contributed by atoms with van der Waals surface area (Å²) in [6, 6.07) is 13.7. The first-order chi connectivity index (χ1) is 14.0. The second kappa shape index (κ2) is 7.84. The van der Waals surface area contributed by atoms with Gasteiger partial charge in [-0.05, 0) is 36.4 Å². The minimum absolute atomic E-state index is 0.289. The van der Waals surface area contributed by atoms with Crippen molar-refractivity contribution in [1.82, 2.24) is 15.0 Å². The third kappa shape index (κ3) is 4.02. The molecule has 0 aliphatic rings. The number of nitrogens with one attached hydrogen (secondary N) is 2. The number of aromatic nitrogens is 3. The van der Waals surface area contributed by atoms with E-state index in [4.69, 9.17) is 0 Å². The summed E-state index contributed by atoms with van der Waals surface area (Å²) < 4.78 is 13.4. The lowest BCUT2D eigenvalue weighted by Gasteiger charge is -2.12. The molecule has 0 saturated carbocycles. The summed E-state index contributed by atoms with van der Waals surface area (Å²) >= 11 is 1.33. The third-order valence-corrected chi connectivity index (χ3v) is 5.03. The average molecular weight is 407 g/mol. The van der Waals surface area contributed by atoms with Crippen LogP contribution >= 0.6 is 11.3 Å². The second-order valence-electron chi connectivity index (χ2n) is 6.55. The maximum absolute atomic E-state index is 13.4. The predicted molar refractivity (Wildman–Crippen MR) is 114 cm³/mol. The van der Waals surface area contributed by atoms with Gasteiger partial charge in [-0.1, -0.05) is 12.1 Å². The standard InChI is InChI=1S/C21H18FN5OS/c1-27(2)16-5-3-4-14(12-16)19-24-17(13-6-8-15(22)9-7-13)18(25-19)20(28)26-21-23-10-11-29-21/h3-12H,1-2H3,(H,24,25)(H,23,26,28). The molecule has 0 bridgehead atoms. The molecule has 29 heavy (non-hydrogen) atoms. The number of H-pyrrole nitrogens is 1. The number of nitrogens with zero attached hydrogens (tertiary/aromatic N) is 3. The zero-order chi connectivity index (χ0) is 20.4. The summed E-state index contributed by atoms with van der Waals surface area (Å²) in [5, 5.41) is 5.04. The SMILES string of the molecule is CN(C)c1cccc(-c2nc(-c3ccc(F)cc3)c(C(=O)Nc3nccs3)[nH]2)c1. The van der Waals surface area contributed by atoms with Crippen LogP contribution in [0.25, 0.3) is 22.6 Å². The molecule has 0 fully saturated rings. The van der Waals surface area contributed by atoms with E-state index in [1.807, 2.05) is 43.3 Å². The fourth-order valence-electron chi connectivity index (χ4n) is 2.87. The Balaban J connectivity index is 1.79. The number of thiazole rings is 1.